The van der Waals surface area contributed by atoms with Crippen LogP contribution in [0.15, 0.2) is 12.7 Å². The number of rotatable bonds is 4. The highest BCUT2D eigenvalue weighted by Gasteiger charge is 2.13. The number of carbonyl (C=O) groups is 2. The van der Waals surface area contributed by atoms with Crippen molar-refractivity contribution in [2.24, 2.45) is 5.73 Å². The third-order valence-corrected chi connectivity index (χ3v) is 1.16. The van der Waals surface area contributed by atoms with Gasteiger partial charge in [0.25, 0.3) is 0 Å². The lowest BCUT2D eigenvalue weighted by atomic mass is 10.2. The van der Waals surface area contributed by atoms with Gasteiger partial charge in [-0.15, -0.1) is 6.58 Å². The lowest BCUT2D eigenvalue weighted by Crippen LogP contribution is -2.24. The summed E-state index contributed by atoms with van der Waals surface area (Å²) in [5.41, 5.74) is 5.35. The molecule has 0 saturated carbocycles. The molecular weight excluding hydrogens is 174 g/mol. The molecule has 0 aromatic heterocycles. The van der Waals surface area contributed by atoms with E-state index in [1.807, 2.05) is 0 Å². The fourth-order valence-electron chi connectivity index (χ4n) is 0.558. The maximum Gasteiger partial charge on any atom is 0.516 e. The molecule has 0 bridgehead atoms. The van der Waals surface area contributed by atoms with Gasteiger partial charge in [0.2, 0.25) is 0 Å². The molecule has 0 amide bonds. The van der Waals surface area contributed by atoms with Crippen molar-refractivity contribution in [2.75, 3.05) is 6.61 Å². The molecule has 13 heavy (non-hydrogen) atoms. The molecule has 1 atom stereocenters. The van der Waals surface area contributed by atoms with Gasteiger partial charge in [-0.05, 0) is 6.92 Å². The van der Waals surface area contributed by atoms with Crippen molar-refractivity contribution in [1.82, 2.24) is 0 Å². The second-order valence-electron chi connectivity index (χ2n) is 2.26. The van der Waals surface area contributed by atoms with Crippen molar-refractivity contribution >= 4 is 12.1 Å². The number of hydrogen-bond donors (Lipinski definition) is 1. The fourth-order valence-corrected chi connectivity index (χ4v) is 0.558. The van der Waals surface area contributed by atoms with Gasteiger partial charge in [0.15, 0.2) is 0 Å². The Kier molecular flexibility index (Phi) is 5.54. The zero-order valence-corrected chi connectivity index (χ0v) is 7.49. The SMILES string of the molecule is C=C[C@@H](N)CC(=O)OC(=O)OCC. The highest BCUT2D eigenvalue weighted by atomic mass is 16.7. The Hall–Kier alpha value is -1.36. The number of esters is 1. The van der Waals surface area contributed by atoms with Crippen LogP contribution in [-0.2, 0) is 14.3 Å². The van der Waals surface area contributed by atoms with Gasteiger partial charge in [0.05, 0.1) is 13.0 Å². The standard InChI is InChI=1S/C8H13NO4/c1-3-6(9)5-7(10)13-8(11)12-4-2/h3,6H,1,4-5,9H2,2H3/t6-/m1/s1. The molecule has 0 unspecified atom stereocenters. The molecule has 0 radical (unpaired) electrons. The largest absolute Gasteiger partial charge is 0.516 e. The van der Waals surface area contributed by atoms with E-state index in [0.29, 0.717) is 0 Å². The molecule has 0 rings (SSSR count). The molecule has 0 spiro atoms. The van der Waals surface area contributed by atoms with Crippen LogP contribution >= 0.6 is 0 Å². The quantitative estimate of drug-likeness (QED) is 0.396. The molecule has 0 saturated heterocycles. The van der Waals surface area contributed by atoms with E-state index in [0.717, 1.165) is 0 Å². The van der Waals surface area contributed by atoms with Gasteiger partial charge >= 0.3 is 12.1 Å². The zero-order chi connectivity index (χ0) is 10.3. The van der Waals surface area contributed by atoms with Gasteiger partial charge in [-0.25, -0.2) is 4.79 Å². The minimum Gasteiger partial charge on any atom is -0.434 e. The summed E-state index contributed by atoms with van der Waals surface area (Å²) in [5.74, 6) is -0.717. The second-order valence-corrected chi connectivity index (χ2v) is 2.26. The van der Waals surface area contributed by atoms with E-state index < -0.39 is 18.2 Å². The lowest BCUT2D eigenvalue weighted by molar-refractivity contribution is -0.139. The summed E-state index contributed by atoms with van der Waals surface area (Å²) in [6.45, 7) is 5.16. The molecule has 0 aliphatic heterocycles. The number of ether oxygens (including phenoxy) is 2. The third kappa shape index (κ3) is 5.86. The van der Waals surface area contributed by atoms with Crippen molar-refractivity contribution in [2.45, 2.75) is 19.4 Å². The maximum absolute atomic E-state index is 10.8. The van der Waals surface area contributed by atoms with E-state index in [2.05, 4.69) is 16.1 Å². The minimum atomic E-state index is -0.997. The molecule has 74 valence electrons. The van der Waals surface area contributed by atoms with Crippen molar-refractivity contribution < 1.29 is 19.1 Å². The summed E-state index contributed by atoms with van der Waals surface area (Å²) < 4.78 is 8.61. The van der Waals surface area contributed by atoms with E-state index in [-0.39, 0.29) is 13.0 Å². The molecule has 0 aliphatic rings. The minimum absolute atomic E-state index is 0.0810. The van der Waals surface area contributed by atoms with Gasteiger partial charge in [0, 0.05) is 6.04 Å². The van der Waals surface area contributed by atoms with Crippen LogP contribution in [0.5, 0.6) is 0 Å². The first-order valence-corrected chi connectivity index (χ1v) is 3.85. The first kappa shape index (κ1) is 11.6. The molecule has 0 fully saturated rings. The van der Waals surface area contributed by atoms with Gasteiger partial charge in [0.1, 0.15) is 0 Å². The Labute approximate surface area is 76.5 Å². The molecule has 5 nitrogen and oxygen atoms in total. The molecule has 5 heteroatoms. The van der Waals surface area contributed by atoms with Gasteiger partial charge in [-0.3, -0.25) is 4.79 Å². The Morgan fingerprint density at radius 2 is 2.23 bits per heavy atom. The van der Waals surface area contributed by atoms with E-state index >= 15 is 0 Å². The predicted molar refractivity (Wildman–Crippen MR) is 45.9 cm³/mol. The van der Waals surface area contributed by atoms with Crippen LogP contribution < -0.4 is 5.73 Å². The van der Waals surface area contributed by atoms with Gasteiger partial charge < -0.3 is 15.2 Å². The molecule has 0 aromatic rings. The van der Waals surface area contributed by atoms with E-state index in [4.69, 9.17) is 5.73 Å². The maximum atomic E-state index is 10.8. The van der Waals surface area contributed by atoms with Crippen LogP contribution in [0, 0.1) is 0 Å². The average molecular weight is 187 g/mol. The molecule has 0 aliphatic carbocycles. The van der Waals surface area contributed by atoms with Crippen LogP contribution in [0.4, 0.5) is 4.79 Å². The predicted octanol–water partition coefficient (Wildman–Crippen LogP) is 0.590. The number of hydrogen-bond acceptors (Lipinski definition) is 5. The number of nitrogens with two attached hydrogens (primary N) is 1. The van der Waals surface area contributed by atoms with E-state index in [1.54, 1.807) is 6.92 Å². The van der Waals surface area contributed by atoms with Gasteiger partial charge in [-0.2, -0.15) is 0 Å². The summed E-state index contributed by atoms with van der Waals surface area (Å²) in [6.07, 6.45) is 0.318. The summed E-state index contributed by atoms with van der Waals surface area (Å²) >= 11 is 0. The Balaban J connectivity index is 3.74. The summed E-state index contributed by atoms with van der Waals surface area (Å²) in [5, 5.41) is 0. The Bertz CT molecular complexity index is 202. The summed E-state index contributed by atoms with van der Waals surface area (Å²) in [4.78, 5) is 21.4. The first-order chi connectivity index (χ1) is 6.10. The van der Waals surface area contributed by atoms with Crippen molar-refractivity contribution in [3.05, 3.63) is 12.7 Å². The Morgan fingerprint density at radius 1 is 1.62 bits per heavy atom. The smallest absolute Gasteiger partial charge is 0.434 e. The highest BCUT2D eigenvalue weighted by molar-refractivity contribution is 5.82. The van der Waals surface area contributed by atoms with Crippen LogP contribution in [0.2, 0.25) is 0 Å². The average Bonchev–Trinajstić information content (AvgIpc) is 2.04. The summed E-state index contributed by atoms with van der Waals surface area (Å²) in [7, 11) is 0. The van der Waals surface area contributed by atoms with Crippen LogP contribution in [-0.4, -0.2) is 24.8 Å². The van der Waals surface area contributed by atoms with Crippen LogP contribution in [0.25, 0.3) is 0 Å². The monoisotopic (exact) mass is 187 g/mol. The molecule has 0 heterocycles. The summed E-state index contributed by atoms with van der Waals surface area (Å²) in [6, 6.07) is -0.498. The molecular formula is C8H13NO4. The third-order valence-electron chi connectivity index (χ3n) is 1.16. The van der Waals surface area contributed by atoms with Crippen molar-refractivity contribution in [1.29, 1.82) is 0 Å². The van der Waals surface area contributed by atoms with Crippen molar-refractivity contribution in [3.8, 4) is 0 Å². The fraction of sp³-hybridized carbons (Fsp3) is 0.500. The van der Waals surface area contributed by atoms with E-state index in [1.165, 1.54) is 6.08 Å². The van der Waals surface area contributed by atoms with Gasteiger partial charge in [-0.1, -0.05) is 6.08 Å². The molecule has 2 N–H and O–H groups in total. The van der Waals surface area contributed by atoms with Crippen LogP contribution in [0.3, 0.4) is 0 Å². The Morgan fingerprint density at radius 3 is 2.69 bits per heavy atom. The van der Waals surface area contributed by atoms with E-state index in [9.17, 15) is 9.59 Å². The van der Waals surface area contributed by atoms with Crippen molar-refractivity contribution in [3.63, 3.8) is 0 Å². The normalized spacial score (nSPS) is 11.5. The lowest BCUT2D eigenvalue weighted by Gasteiger charge is -2.04. The highest BCUT2D eigenvalue weighted by Crippen LogP contribution is 1.94. The zero-order valence-electron chi connectivity index (χ0n) is 7.49. The molecule has 0 aromatic carbocycles. The topological polar surface area (TPSA) is 78.6 Å². The number of carbonyl (C=O) groups excluding carboxylic acids is 2. The first-order valence-electron chi connectivity index (χ1n) is 3.85. The second kappa shape index (κ2) is 6.19. The van der Waals surface area contributed by atoms with Crippen LogP contribution in [0.1, 0.15) is 13.3 Å².